The molecule has 22 heavy (non-hydrogen) atoms. The highest BCUT2D eigenvalue weighted by molar-refractivity contribution is 8.22. The molecule has 1 heterocycles. The number of thioether (sulfide) groups is 1. The SMILES string of the molecule is CCCC/C=C1\SC(Nc2ccccc2)=Nc2ccccc21. The molecule has 0 saturated heterocycles. The van der Waals surface area contributed by atoms with Gasteiger partial charge in [0.05, 0.1) is 5.69 Å². The van der Waals surface area contributed by atoms with Crippen molar-refractivity contribution >= 4 is 33.2 Å². The molecule has 112 valence electrons. The van der Waals surface area contributed by atoms with E-state index in [0.717, 1.165) is 23.0 Å². The highest BCUT2D eigenvalue weighted by Crippen LogP contribution is 2.40. The summed E-state index contributed by atoms with van der Waals surface area (Å²) in [7, 11) is 0. The van der Waals surface area contributed by atoms with Crippen molar-refractivity contribution in [2.45, 2.75) is 26.2 Å². The molecule has 2 aromatic rings. The molecule has 0 amide bonds. The Bertz CT molecular complexity index is 690. The molecular formula is C19H20N2S. The second-order valence-electron chi connectivity index (χ2n) is 5.24. The van der Waals surface area contributed by atoms with Gasteiger partial charge in [-0.15, -0.1) is 0 Å². The fourth-order valence-corrected chi connectivity index (χ4v) is 3.36. The molecular weight excluding hydrogens is 288 g/mol. The van der Waals surface area contributed by atoms with Gasteiger partial charge in [0.25, 0.3) is 0 Å². The van der Waals surface area contributed by atoms with Crippen molar-refractivity contribution in [3.8, 4) is 0 Å². The van der Waals surface area contributed by atoms with E-state index in [1.54, 1.807) is 11.8 Å². The largest absolute Gasteiger partial charge is 0.334 e. The maximum Gasteiger partial charge on any atom is 0.171 e. The average Bonchev–Trinajstić information content (AvgIpc) is 2.56. The number of fused-ring (bicyclic) bond motifs is 1. The highest BCUT2D eigenvalue weighted by atomic mass is 32.2. The molecule has 1 aliphatic rings. The molecule has 0 atom stereocenters. The van der Waals surface area contributed by atoms with Crippen LogP contribution < -0.4 is 5.32 Å². The topological polar surface area (TPSA) is 24.4 Å². The Morgan fingerprint density at radius 3 is 2.64 bits per heavy atom. The van der Waals surface area contributed by atoms with E-state index in [1.165, 1.54) is 23.3 Å². The van der Waals surface area contributed by atoms with Gasteiger partial charge < -0.3 is 5.32 Å². The molecule has 3 heteroatoms. The van der Waals surface area contributed by atoms with Crippen LogP contribution in [0.25, 0.3) is 4.91 Å². The lowest BCUT2D eigenvalue weighted by atomic mass is 10.1. The van der Waals surface area contributed by atoms with Crippen molar-refractivity contribution in [3.63, 3.8) is 0 Å². The van der Waals surface area contributed by atoms with E-state index in [-0.39, 0.29) is 0 Å². The predicted octanol–water partition coefficient (Wildman–Crippen LogP) is 6.06. The van der Waals surface area contributed by atoms with Gasteiger partial charge in [0, 0.05) is 16.2 Å². The van der Waals surface area contributed by atoms with Gasteiger partial charge in [0.2, 0.25) is 0 Å². The van der Waals surface area contributed by atoms with E-state index in [0.29, 0.717) is 0 Å². The summed E-state index contributed by atoms with van der Waals surface area (Å²) in [5.41, 5.74) is 3.35. The van der Waals surface area contributed by atoms with Gasteiger partial charge in [-0.1, -0.05) is 74.0 Å². The number of allylic oxidation sites excluding steroid dienone is 1. The van der Waals surface area contributed by atoms with E-state index in [1.807, 2.05) is 24.3 Å². The number of hydrogen-bond donors (Lipinski definition) is 1. The zero-order valence-corrected chi connectivity index (χ0v) is 13.6. The molecule has 1 aliphatic heterocycles. The highest BCUT2D eigenvalue weighted by Gasteiger charge is 2.17. The first-order chi connectivity index (χ1) is 10.9. The Hall–Kier alpha value is -2.00. The number of hydrogen-bond acceptors (Lipinski definition) is 3. The van der Waals surface area contributed by atoms with Crippen molar-refractivity contribution in [2.75, 3.05) is 5.32 Å². The molecule has 2 nitrogen and oxygen atoms in total. The summed E-state index contributed by atoms with van der Waals surface area (Å²) in [6, 6.07) is 18.6. The Labute approximate surface area is 136 Å². The third-order valence-electron chi connectivity index (χ3n) is 3.51. The predicted molar refractivity (Wildman–Crippen MR) is 98.7 cm³/mol. The smallest absolute Gasteiger partial charge is 0.171 e. The summed E-state index contributed by atoms with van der Waals surface area (Å²) in [6.45, 7) is 2.23. The van der Waals surface area contributed by atoms with E-state index >= 15 is 0 Å². The van der Waals surface area contributed by atoms with Crippen LogP contribution in [0.5, 0.6) is 0 Å². The molecule has 0 bridgehead atoms. The van der Waals surface area contributed by atoms with Crippen LogP contribution in [0, 0.1) is 0 Å². The quantitative estimate of drug-likeness (QED) is 0.694. The lowest BCUT2D eigenvalue weighted by molar-refractivity contribution is 0.816. The molecule has 3 rings (SSSR count). The summed E-state index contributed by atoms with van der Waals surface area (Å²) in [5, 5.41) is 4.35. The molecule has 2 aromatic carbocycles. The van der Waals surface area contributed by atoms with Gasteiger partial charge in [-0.2, -0.15) is 0 Å². The van der Waals surface area contributed by atoms with Gasteiger partial charge in [0.1, 0.15) is 0 Å². The third-order valence-corrected chi connectivity index (χ3v) is 4.50. The number of benzene rings is 2. The molecule has 0 saturated carbocycles. The van der Waals surface area contributed by atoms with Gasteiger partial charge in [-0.3, -0.25) is 0 Å². The van der Waals surface area contributed by atoms with Crippen LogP contribution in [0.4, 0.5) is 11.4 Å². The third kappa shape index (κ3) is 3.60. The number of nitrogens with zero attached hydrogens (tertiary/aromatic N) is 1. The van der Waals surface area contributed by atoms with Crippen molar-refractivity contribution < 1.29 is 0 Å². The van der Waals surface area contributed by atoms with Crippen LogP contribution >= 0.6 is 11.8 Å². The van der Waals surface area contributed by atoms with Gasteiger partial charge >= 0.3 is 0 Å². The van der Waals surface area contributed by atoms with E-state index in [9.17, 15) is 0 Å². The Balaban J connectivity index is 1.87. The zero-order chi connectivity index (χ0) is 15.2. The van der Waals surface area contributed by atoms with E-state index in [2.05, 4.69) is 48.6 Å². The van der Waals surface area contributed by atoms with Crippen LogP contribution in [0.1, 0.15) is 31.7 Å². The molecule has 0 aliphatic carbocycles. The minimum Gasteiger partial charge on any atom is -0.334 e. The van der Waals surface area contributed by atoms with E-state index in [4.69, 9.17) is 4.99 Å². The molecule has 0 spiro atoms. The number of rotatable bonds is 4. The number of para-hydroxylation sites is 2. The number of amidine groups is 1. The van der Waals surface area contributed by atoms with E-state index < -0.39 is 0 Å². The van der Waals surface area contributed by atoms with Crippen LogP contribution in [0.3, 0.4) is 0 Å². The first-order valence-corrected chi connectivity index (χ1v) is 8.56. The summed E-state index contributed by atoms with van der Waals surface area (Å²) in [5.74, 6) is 0. The fraction of sp³-hybridized carbons (Fsp3) is 0.211. The maximum absolute atomic E-state index is 4.75. The Morgan fingerprint density at radius 2 is 1.82 bits per heavy atom. The maximum atomic E-state index is 4.75. The summed E-state index contributed by atoms with van der Waals surface area (Å²) < 4.78 is 0. The van der Waals surface area contributed by atoms with Crippen LogP contribution in [0.2, 0.25) is 0 Å². The number of aliphatic imine (C=N–C) groups is 1. The van der Waals surface area contributed by atoms with Gasteiger partial charge in [-0.25, -0.2) is 4.99 Å². The molecule has 0 fully saturated rings. The van der Waals surface area contributed by atoms with Crippen molar-refractivity contribution in [1.82, 2.24) is 0 Å². The molecule has 0 unspecified atom stereocenters. The van der Waals surface area contributed by atoms with Gasteiger partial charge in [0.15, 0.2) is 5.17 Å². The minimum atomic E-state index is 0.938. The van der Waals surface area contributed by atoms with Crippen LogP contribution in [-0.4, -0.2) is 5.17 Å². The normalized spacial score (nSPS) is 15.3. The average molecular weight is 308 g/mol. The summed E-state index contributed by atoms with van der Waals surface area (Å²) in [6.07, 6.45) is 5.91. The lowest BCUT2D eigenvalue weighted by Gasteiger charge is -2.19. The van der Waals surface area contributed by atoms with Crippen LogP contribution in [0.15, 0.2) is 65.7 Å². The first kappa shape index (κ1) is 14.9. The number of unbranched alkanes of at least 4 members (excludes halogenated alkanes) is 2. The van der Waals surface area contributed by atoms with Crippen molar-refractivity contribution in [1.29, 1.82) is 0 Å². The molecule has 0 radical (unpaired) electrons. The van der Waals surface area contributed by atoms with Crippen LogP contribution in [-0.2, 0) is 0 Å². The zero-order valence-electron chi connectivity index (χ0n) is 12.8. The molecule has 0 aromatic heterocycles. The molecule has 1 N–H and O–H groups in total. The second kappa shape index (κ2) is 7.32. The number of anilines is 1. The van der Waals surface area contributed by atoms with Gasteiger partial charge in [-0.05, 0) is 24.6 Å². The van der Waals surface area contributed by atoms with Crippen molar-refractivity contribution in [2.24, 2.45) is 4.99 Å². The summed E-state index contributed by atoms with van der Waals surface area (Å²) >= 11 is 1.72. The Kier molecular flexibility index (Phi) is 4.96. The standard InChI is InChI=1S/C19H20N2S/c1-2-3-5-14-18-16-12-8-9-13-17(16)21-19(22-18)20-15-10-6-4-7-11-15/h4,6-14H,2-3,5H2,1H3,(H,20,21)/b18-14-. The summed E-state index contributed by atoms with van der Waals surface area (Å²) in [4.78, 5) is 6.05. The second-order valence-corrected chi connectivity index (χ2v) is 6.27. The fourth-order valence-electron chi connectivity index (χ4n) is 2.36. The lowest BCUT2D eigenvalue weighted by Crippen LogP contribution is -2.10. The monoisotopic (exact) mass is 308 g/mol. The Morgan fingerprint density at radius 1 is 1.05 bits per heavy atom. The first-order valence-electron chi connectivity index (χ1n) is 7.75. The minimum absolute atomic E-state index is 0.938. The van der Waals surface area contributed by atoms with Crippen molar-refractivity contribution in [3.05, 3.63) is 66.2 Å². The number of nitrogens with one attached hydrogen (secondary N) is 1.